The van der Waals surface area contributed by atoms with Gasteiger partial charge < -0.3 is 10.0 Å². The van der Waals surface area contributed by atoms with E-state index in [0.717, 1.165) is 19.3 Å². The van der Waals surface area contributed by atoms with Gasteiger partial charge in [0, 0.05) is 5.54 Å². The second-order valence-electron chi connectivity index (χ2n) is 4.29. The molecule has 2 rings (SSSR count). The molecule has 3 atom stereocenters. The van der Waals surface area contributed by atoms with Crippen LogP contribution in [0, 0.1) is 11.8 Å². The molecule has 0 aromatic carbocycles. The highest BCUT2D eigenvalue weighted by molar-refractivity contribution is 5.72. The lowest BCUT2D eigenvalue weighted by molar-refractivity contribution is -0.142. The van der Waals surface area contributed by atoms with E-state index in [-0.39, 0.29) is 11.5 Å². The first-order chi connectivity index (χ1) is 5.58. The molecular weight excluding hydrogens is 154 g/mol. The maximum absolute atomic E-state index is 10.8. The minimum absolute atomic E-state index is 0.0626. The lowest BCUT2D eigenvalue weighted by Crippen LogP contribution is -2.29. The molecular formula is C9H15NO2. The third-order valence-corrected chi connectivity index (χ3v) is 3.69. The summed E-state index contributed by atoms with van der Waals surface area (Å²) in [5, 5.41) is 8.89. The van der Waals surface area contributed by atoms with Crippen molar-refractivity contribution in [3.63, 3.8) is 0 Å². The fourth-order valence-electron chi connectivity index (χ4n) is 2.77. The third kappa shape index (κ3) is 0.829. The summed E-state index contributed by atoms with van der Waals surface area (Å²) < 4.78 is 0. The van der Waals surface area contributed by atoms with Crippen LogP contribution < -0.4 is 0 Å². The number of fused-ring (bicyclic) bond motifs is 1. The van der Waals surface area contributed by atoms with Crippen molar-refractivity contribution in [1.29, 1.82) is 0 Å². The average Bonchev–Trinajstić information content (AvgIpc) is 2.58. The van der Waals surface area contributed by atoms with Crippen molar-refractivity contribution in [2.24, 2.45) is 11.8 Å². The predicted molar refractivity (Wildman–Crippen MR) is 44.9 cm³/mol. The molecule has 1 N–H and O–H groups in total. The predicted octanol–water partition coefficient (Wildman–Crippen LogP) is 0.801. The molecule has 0 spiro atoms. The zero-order chi connectivity index (χ0) is 8.93. The number of rotatable bonds is 2. The molecule has 0 saturated heterocycles. The van der Waals surface area contributed by atoms with E-state index in [9.17, 15) is 4.79 Å². The molecule has 0 aliphatic heterocycles. The van der Waals surface area contributed by atoms with Gasteiger partial charge in [-0.1, -0.05) is 0 Å². The summed E-state index contributed by atoms with van der Waals surface area (Å²) in [5.74, 6) is -0.223. The van der Waals surface area contributed by atoms with E-state index in [1.807, 2.05) is 0 Å². The Morgan fingerprint density at radius 2 is 2.25 bits per heavy atom. The summed E-state index contributed by atoms with van der Waals surface area (Å²) in [4.78, 5) is 13.0. The van der Waals surface area contributed by atoms with Gasteiger partial charge in [-0.3, -0.25) is 4.79 Å². The first-order valence-corrected chi connectivity index (χ1v) is 4.48. The molecule has 68 valence electrons. The summed E-state index contributed by atoms with van der Waals surface area (Å²) in [7, 11) is 4.12. The van der Waals surface area contributed by atoms with E-state index in [1.165, 1.54) is 0 Å². The molecule has 0 bridgehead atoms. The van der Waals surface area contributed by atoms with E-state index in [4.69, 9.17) is 5.11 Å². The Hall–Kier alpha value is -0.570. The molecule has 0 radical (unpaired) electrons. The first-order valence-electron chi connectivity index (χ1n) is 4.48. The smallest absolute Gasteiger partial charge is 0.306 e. The van der Waals surface area contributed by atoms with Crippen molar-refractivity contribution in [2.75, 3.05) is 14.1 Å². The quantitative estimate of drug-likeness (QED) is 0.664. The van der Waals surface area contributed by atoms with E-state index < -0.39 is 5.97 Å². The van der Waals surface area contributed by atoms with Gasteiger partial charge in [0.1, 0.15) is 0 Å². The highest BCUT2D eigenvalue weighted by Gasteiger charge is 2.64. The largest absolute Gasteiger partial charge is 0.481 e. The Bertz CT molecular complexity index is 227. The molecule has 0 aromatic rings. The van der Waals surface area contributed by atoms with Crippen molar-refractivity contribution in [3.05, 3.63) is 0 Å². The fraction of sp³-hybridized carbons (Fsp3) is 0.889. The second kappa shape index (κ2) is 2.22. The Morgan fingerprint density at radius 1 is 1.58 bits per heavy atom. The molecule has 0 aromatic heterocycles. The summed E-state index contributed by atoms with van der Waals surface area (Å²) in [6.45, 7) is 0. The van der Waals surface area contributed by atoms with Gasteiger partial charge >= 0.3 is 5.97 Å². The van der Waals surface area contributed by atoms with Gasteiger partial charge in [-0.2, -0.15) is 0 Å². The Labute approximate surface area is 72.4 Å². The maximum Gasteiger partial charge on any atom is 0.306 e. The van der Waals surface area contributed by atoms with Gasteiger partial charge in [0.2, 0.25) is 0 Å². The zero-order valence-corrected chi connectivity index (χ0v) is 7.58. The highest BCUT2D eigenvalue weighted by atomic mass is 16.4. The second-order valence-corrected chi connectivity index (χ2v) is 4.29. The molecule has 2 aliphatic carbocycles. The van der Waals surface area contributed by atoms with Gasteiger partial charge in [-0.25, -0.2) is 0 Å². The SMILES string of the molecule is CN(C)[C@@]12CC[C@H](C(=O)O)C1C2. The first kappa shape index (κ1) is 8.05. The van der Waals surface area contributed by atoms with E-state index in [2.05, 4.69) is 19.0 Å². The minimum Gasteiger partial charge on any atom is -0.481 e. The molecule has 3 nitrogen and oxygen atoms in total. The molecule has 2 saturated carbocycles. The van der Waals surface area contributed by atoms with E-state index in [0.29, 0.717) is 5.92 Å². The molecule has 1 unspecified atom stereocenters. The van der Waals surface area contributed by atoms with E-state index in [1.54, 1.807) is 0 Å². The lowest BCUT2D eigenvalue weighted by Gasteiger charge is -2.20. The molecule has 3 heteroatoms. The summed E-state index contributed by atoms with van der Waals surface area (Å²) in [5.41, 5.74) is 0.267. The van der Waals surface area contributed by atoms with Crippen molar-refractivity contribution in [1.82, 2.24) is 4.90 Å². The Kier molecular flexibility index (Phi) is 1.49. The van der Waals surface area contributed by atoms with Crippen LogP contribution in [0.25, 0.3) is 0 Å². The maximum atomic E-state index is 10.8. The van der Waals surface area contributed by atoms with Crippen LogP contribution >= 0.6 is 0 Å². The number of carboxylic acids is 1. The number of aliphatic carboxylic acids is 1. The van der Waals surface area contributed by atoms with Crippen LogP contribution in [0.4, 0.5) is 0 Å². The summed E-state index contributed by atoms with van der Waals surface area (Å²) >= 11 is 0. The third-order valence-electron chi connectivity index (χ3n) is 3.69. The van der Waals surface area contributed by atoms with Gasteiger partial charge in [0.25, 0.3) is 0 Å². The molecule has 2 aliphatic rings. The van der Waals surface area contributed by atoms with Crippen molar-refractivity contribution < 1.29 is 9.90 Å². The van der Waals surface area contributed by atoms with Gasteiger partial charge in [-0.15, -0.1) is 0 Å². The summed E-state index contributed by atoms with van der Waals surface area (Å²) in [6, 6.07) is 0. The van der Waals surface area contributed by atoms with Gasteiger partial charge in [0.05, 0.1) is 5.92 Å². The monoisotopic (exact) mass is 169 g/mol. The van der Waals surface area contributed by atoms with Crippen molar-refractivity contribution in [2.45, 2.75) is 24.8 Å². The van der Waals surface area contributed by atoms with Gasteiger partial charge in [0.15, 0.2) is 0 Å². The van der Waals surface area contributed by atoms with Crippen molar-refractivity contribution >= 4 is 5.97 Å². The zero-order valence-electron chi connectivity index (χ0n) is 7.58. The lowest BCUT2D eigenvalue weighted by atomic mass is 10.0. The fourth-order valence-corrected chi connectivity index (χ4v) is 2.77. The number of nitrogens with zero attached hydrogens (tertiary/aromatic N) is 1. The van der Waals surface area contributed by atoms with Gasteiger partial charge in [-0.05, 0) is 39.3 Å². The molecule has 0 amide bonds. The minimum atomic E-state index is -0.596. The van der Waals surface area contributed by atoms with Crippen LogP contribution in [0.1, 0.15) is 19.3 Å². The van der Waals surface area contributed by atoms with Crippen LogP contribution in [-0.2, 0) is 4.79 Å². The Morgan fingerprint density at radius 3 is 2.50 bits per heavy atom. The Balaban J connectivity index is 2.10. The van der Waals surface area contributed by atoms with Crippen LogP contribution in [0.3, 0.4) is 0 Å². The molecule has 12 heavy (non-hydrogen) atoms. The molecule has 0 heterocycles. The van der Waals surface area contributed by atoms with Crippen LogP contribution in [0.5, 0.6) is 0 Å². The number of hydrogen-bond acceptors (Lipinski definition) is 2. The van der Waals surface area contributed by atoms with E-state index >= 15 is 0 Å². The van der Waals surface area contributed by atoms with Crippen LogP contribution in [-0.4, -0.2) is 35.6 Å². The van der Waals surface area contributed by atoms with Crippen LogP contribution in [0.15, 0.2) is 0 Å². The topological polar surface area (TPSA) is 40.5 Å². The average molecular weight is 169 g/mol. The normalized spacial score (nSPS) is 44.6. The highest BCUT2D eigenvalue weighted by Crippen LogP contribution is 2.61. The summed E-state index contributed by atoms with van der Waals surface area (Å²) in [6.07, 6.45) is 3.04. The van der Waals surface area contributed by atoms with Crippen LogP contribution in [0.2, 0.25) is 0 Å². The number of carbonyl (C=O) groups is 1. The van der Waals surface area contributed by atoms with Crippen molar-refractivity contribution in [3.8, 4) is 0 Å². The number of carboxylic acid groups (broad SMARTS) is 1. The number of hydrogen-bond donors (Lipinski definition) is 1. The standard InChI is InChI=1S/C9H15NO2/c1-10(2)9-4-3-6(8(11)12)7(9)5-9/h6-7H,3-5H2,1-2H3,(H,11,12)/t6-,7?,9+/m0/s1. The molecule has 2 fully saturated rings.